The number of aromatic nitrogens is 2. The molecule has 2 aromatic rings. The third-order valence-electron chi connectivity index (χ3n) is 7.63. The van der Waals surface area contributed by atoms with Crippen LogP contribution in [0.1, 0.15) is 43.4 Å². The summed E-state index contributed by atoms with van der Waals surface area (Å²) in [6.07, 6.45) is 6.88. The molecule has 0 saturated carbocycles. The average Bonchev–Trinajstić information content (AvgIpc) is 3.18. The van der Waals surface area contributed by atoms with E-state index in [0.717, 1.165) is 56.4 Å². The van der Waals surface area contributed by atoms with Gasteiger partial charge in [0.15, 0.2) is 5.82 Å². The van der Waals surface area contributed by atoms with Gasteiger partial charge in [-0.15, -0.1) is 0 Å². The highest BCUT2D eigenvalue weighted by molar-refractivity contribution is 5.62. The molecular formula is C25H34N4O2. The molecule has 0 radical (unpaired) electrons. The van der Waals surface area contributed by atoms with Crippen LogP contribution in [-0.4, -0.2) is 72.5 Å². The largest absolute Gasteiger partial charge is 0.395 e. The molecule has 166 valence electrons. The molecule has 0 amide bonds. The number of hydrogen-bond acceptors (Lipinski definition) is 6. The first kappa shape index (κ1) is 20.9. The van der Waals surface area contributed by atoms with Crippen LogP contribution < -0.4 is 4.90 Å². The second-order valence-corrected chi connectivity index (χ2v) is 9.37. The van der Waals surface area contributed by atoms with Gasteiger partial charge in [-0.05, 0) is 51.6 Å². The maximum Gasteiger partial charge on any atom is 0.161 e. The molecule has 0 unspecified atom stereocenters. The van der Waals surface area contributed by atoms with Crippen LogP contribution in [0.25, 0.3) is 11.4 Å². The SMILES string of the molecule is CN(CCO)c1nc(-c2ccccc2)nc2c1CCC21CCN(C2CCOCC2)CC1. The van der Waals surface area contributed by atoms with Crippen molar-refractivity contribution in [3.63, 3.8) is 0 Å². The first-order valence-corrected chi connectivity index (χ1v) is 11.8. The van der Waals surface area contributed by atoms with Gasteiger partial charge in [0.1, 0.15) is 5.82 Å². The van der Waals surface area contributed by atoms with E-state index in [0.29, 0.717) is 12.6 Å². The van der Waals surface area contributed by atoms with E-state index < -0.39 is 0 Å². The molecular weight excluding hydrogens is 388 g/mol. The quantitative estimate of drug-likeness (QED) is 0.799. The highest BCUT2D eigenvalue weighted by Crippen LogP contribution is 2.48. The fraction of sp³-hybridized carbons (Fsp3) is 0.600. The fourth-order valence-corrected chi connectivity index (χ4v) is 5.77. The molecule has 3 heterocycles. The number of anilines is 1. The van der Waals surface area contributed by atoms with Gasteiger partial charge in [-0.25, -0.2) is 9.97 Å². The first-order valence-electron chi connectivity index (χ1n) is 11.8. The highest BCUT2D eigenvalue weighted by atomic mass is 16.5. The lowest BCUT2D eigenvalue weighted by Gasteiger charge is -2.43. The monoisotopic (exact) mass is 422 g/mol. The Labute approximate surface area is 185 Å². The second kappa shape index (κ2) is 8.85. The van der Waals surface area contributed by atoms with Crippen molar-refractivity contribution in [3.8, 4) is 11.4 Å². The maximum absolute atomic E-state index is 9.53. The van der Waals surface area contributed by atoms with Gasteiger partial charge in [0.2, 0.25) is 0 Å². The topological polar surface area (TPSA) is 61.7 Å². The van der Waals surface area contributed by atoms with Crippen LogP contribution in [0.4, 0.5) is 5.82 Å². The zero-order valence-electron chi connectivity index (χ0n) is 18.6. The molecule has 3 aliphatic rings. The fourth-order valence-electron chi connectivity index (χ4n) is 5.77. The van der Waals surface area contributed by atoms with Crippen LogP contribution in [-0.2, 0) is 16.6 Å². The number of nitrogens with zero attached hydrogens (tertiary/aromatic N) is 4. The van der Waals surface area contributed by atoms with Crippen molar-refractivity contribution in [2.45, 2.75) is 50.0 Å². The van der Waals surface area contributed by atoms with Gasteiger partial charge in [-0.2, -0.15) is 0 Å². The minimum absolute atomic E-state index is 0.126. The third-order valence-corrected chi connectivity index (χ3v) is 7.63. The number of benzene rings is 1. The van der Waals surface area contributed by atoms with E-state index in [-0.39, 0.29) is 12.0 Å². The van der Waals surface area contributed by atoms with Crippen LogP contribution >= 0.6 is 0 Å². The van der Waals surface area contributed by atoms with E-state index in [1.807, 2.05) is 25.2 Å². The van der Waals surface area contributed by atoms with Gasteiger partial charge in [-0.3, -0.25) is 0 Å². The van der Waals surface area contributed by atoms with Crippen molar-refractivity contribution < 1.29 is 9.84 Å². The van der Waals surface area contributed by atoms with E-state index in [4.69, 9.17) is 14.7 Å². The second-order valence-electron chi connectivity index (χ2n) is 9.37. The number of ether oxygens (including phenoxy) is 1. The molecule has 2 fully saturated rings. The summed E-state index contributed by atoms with van der Waals surface area (Å²) in [5.41, 5.74) is 3.80. The molecule has 6 heteroatoms. The summed E-state index contributed by atoms with van der Waals surface area (Å²) in [6.45, 7) is 4.82. The van der Waals surface area contributed by atoms with Crippen molar-refractivity contribution in [3.05, 3.63) is 41.6 Å². The number of fused-ring (bicyclic) bond motifs is 2. The Hall–Kier alpha value is -2.02. The number of likely N-dealkylation sites (N-methyl/N-ethyl adjacent to an activating group) is 1. The predicted octanol–water partition coefficient (Wildman–Crippen LogP) is 3.03. The third kappa shape index (κ3) is 3.97. The van der Waals surface area contributed by atoms with Gasteiger partial charge < -0.3 is 19.6 Å². The van der Waals surface area contributed by atoms with Crippen LogP contribution in [0.3, 0.4) is 0 Å². The summed E-state index contributed by atoms with van der Waals surface area (Å²) >= 11 is 0. The smallest absolute Gasteiger partial charge is 0.161 e. The summed E-state index contributed by atoms with van der Waals surface area (Å²) in [5, 5.41) is 9.53. The Morgan fingerprint density at radius 2 is 1.84 bits per heavy atom. The number of piperidine rings is 1. The average molecular weight is 423 g/mol. The molecule has 2 aliphatic heterocycles. The Balaban J connectivity index is 1.47. The van der Waals surface area contributed by atoms with Gasteiger partial charge in [0, 0.05) is 49.4 Å². The number of aliphatic hydroxyl groups is 1. The summed E-state index contributed by atoms with van der Waals surface area (Å²) in [7, 11) is 2.03. The Bertz CT molecular complexity index is 890. The lowest BCUT2D eigenvalue weighted by Crippen LogP contribution is -2.48. The molecule has 1 spiro atoms. The Morgan fingerprint density at radius 3 is 2.55 bits per heavy atom. The minimum atomic E-state index is 0.126. The first-order chi connectivity index (χ1) is 15.2. The van der Waals surface area contributed by atoms with E-state index >= 15 is 0 Å². The molecule has 31 heavy (non-hydrogen) atoms. The molecule has 2 saturated heterocycles. The van der Waals surface area contributed by atoms with E-state index in [1.165, 1.54) is 36.9 Å². The lowest BCUT2D eigenvalue weighted by atomic mass is 9.75. The molecule has 5 rings (SSSR count). The minimum Gasteiger partial charge on any atom is -0.395 e. The van der Waals surface area contributed by atoms with Crippen molar-refractivity contribution in [1.29, 1.82) is 0 Å². The molecule has 0 atom stereocenters. The number of hydrogen-bond donors (Lipinski definition) is 1. The van der Waals surface area contributed by atoms with Gasteiger partial charge in [-0.1, -0.05) is 30.3 Å². The summed E-state index contributed by atoms with van der Waals surface area (Å²) < 4.78 is 5.57. The Kier molecular flexibility index (Phi) is 5.95. The zero-order chi connectivity index (χ0) is 21.3. The molecule has 1 aromatic carbocycles. The normalized spacial score (nSPS) is 21.4. The summed E-state index contributed by atoms with van der Waals surface area (Å²) in [4.78, 5) is 15.0. The maximum atomic E-state index is 9.53. The van der Waals surface area contributed by atoms with Crippen LogP contribution in [0.15, 0.2) is 30.3 Å². The number of rotatable bonds is 5. The molecule has 0 bridgehead atoms. The van der Waals surface area contributed by atoms with Gasteiger partial charge >= 0.3 is 0 Å². The van der Waals surface area contributed by atoms with Gasteiger partial charge in [0.05, 0.1) is 12.3 Å². The van der Waals surface area contributed by atoms with Crippen molar-refractivity contribution in [2.24, 2.45) is 0 Å². The van der Waals surface area contributed by atoms with Gasteiger partial charge in [0.25, 0.3) is 0 Å². The van der Waals surface area contributed by atoms with Crippen molar-refractivity contribution >= 4 is 5.82 Å². The van der Waals surface area contributed by atoms with Crippen molar-refractivity contribution in [1.82, 2.24) is 14.9 Å². The van der Waals surface area contributed by atoms with Crippen LogP contribution in [0, 0.1) is 0 Å². The van der Waals surface area contributed by atoms with Crippen LogP contribution in [0.5, 0.6) is 0 Å². The summed E-state index contributed by atoms with van der Waals surface area (Å²) in [6, 6.07) is 11.0. The molecule has 1 aromatic heterocycles. The van der Waals surface area contributed by atoms with Crippen LogP contribution in [0.2, 0.25) is 0 Å². The zero-order valence-corrected chi connectivity index (χ0v) is 18.6. The number of likely N-dealkylation sites (tertiary alicyclic amines) is 1. The highest BCUT2D eigenvalue weighted by Gasteiger charge is 2.45. The summed E-state index contributed by atoms with van der Waals surface area (Å²) in [5.74, 6) is 1.81. The van der Waals surface area contributed by atoms with E-state index in [1.54, 1.807) is 0 Å². The van der Waals surface area contributed by atoms with E-state index in [9.17, 15) is 5.11 Å². The lowest BCUT2D eigenvalue weighted by molar-refractivity contribution is 0.0168. The van der Waals surface area contributed by atoms with Crippen molar-refractivity contribution in [2.75, 3.05) is 51.4 Å². The van der Waals surface area contributed by atoms with E-state index in [2.05, 4.69) is 21.9 Å². The standard InChI is InChI=1S/C25H34N4O2/c1-28(15-16-30)24-21-7-10-25(11-13-29(14-12-25)20-8-17-31-18-9-20)22(21)26-23(27-24)19-5-3-2-4-6-19/h2-6,20,30H,7-18H2,1H3. The predicted molar refractivity (Wildman–Crippen MR) is 122 cm³/mol. The number of aliphatic hydroxyl groups excluding tert-OH is 1. The Morgan fingerprint density at radius 1 is 1.10 bits per heavy atom. The molecule has 1 aliphatic carbocycles. The molecule has 6 nitrogen and oxygen atoms in total. The molecule has 1 N–H and O–H groups in total.